The number of hydrogen-bond acceptors (Lipinski definition) is 2. The lowest BCUT2D eigenvalue weighted by Crippen LogP contribution is -2.25. The van der Waals surface area contributed by atoms with Gasteiger partial charge in [0, 0.05) is 0 Å². The smallest absolute Gasteiger partial charge is 0.308 e. The van der Waals surface area contributed by atoms with Gasteiger partial charge in [0.25, 0.3) is 0 Å². The highest BCUT2D eigenvalue weighted by Crippen LogP contribution is 2.43. The van der Waals surface area contributed by atoms with Gasteiger partial charge in [-0.15, -0.1) is 0 Å². The van der Waals surface area contributed by atoms with Crippen molar-refractivity contribution in [1.82, 2.24) is 0 Å². The van der Waals surface area contributed by atoms with E-state index in [9.17, 15) is 4.79 Å². The van der Waals surface area contributed by atoms with Gasteiger partial charge in [-0.25, -0.2) is 0 Å². The Morgan fingerprint density at radius 2 is 1.46 bits per heavy atom. The zero-order chi connectivity index (χ0) is 24.5. The van der Waals surface area contributed by atoms with Crippen molar-refractivity contribution in [3.8, 4) is 0 Å². The van der Waals surface area contributed by atoms with E-state index in [1.807, 2.05) is 0 Å². The first kappa shape index (κ1) is 26.5. The Labute approximate surface area is 215 Å². The molecule has 3 aliphatic carbocycles. The summed E-state index contributed by atoms with van der Waals surface area (Å²) >= 11 is 0. The Hall–Kier alpha value is -1.57. The van der Waals surface area contributed by atoms with Gasteiger partial charge in [-0.2, -0.15) is 0 Å². The van der Waals surface area contributed by atoms with E-state index in [0.29, 0.717) is 5.92 Å². The normalized spacial score (nSPS) is 31.9. The molecule has 2 nitrogen and oxygen atoms in total. The third-order valence-corrected chi connectivity index (χ3v) is 9.82. The second-order valence-electron chi connectivity index (χ2n) is 12.0. The molecule has 0 heterocycles. The van der Waals surface area contributed by atoms with Gasteiger partial charge >= 0.3 is 5.97 Å². The summed E-state index contributed by atoms with van der Waals surface area (Å²) in [5, 5.41) is 0. The Kier molecular flexibility index (Phi) is 10.3. The maximum atomic E-state index is 11.8. The number of esters is 1. The molecule has 0 spiro atoms. The molecule has 0 atom stereocenters. The summed E-state index contributed by atoms with van der Waals surface area (Å²) < 4.78 is 4.93. The molecule has 0 aliphatic heterocycles. The summed E-state index contributed by atoms with van der Waals surface area (Å²) in [6, 6.07) is 9.22. The molecule has 1 aromatic carbocycles. The fourth-order valence-electron chi connectivity index (χ4n) is 7.40. The van der Waals surface area contributed by atoms with Gasteiger partial charge in [0.05, 0.1) is 13.0 Å². The Bertz CT molecular complexity index is 770. The number of unbranched alkanes of at least 4 members (excludes halogenated alkanes) is 2. The molecule has 0 N–H and O–H groups in total. The van der Waals surface area contributed by atoms with E-state index in [1.165, 1.54) is 95.3 Å². The molecule has 1 aromatic rings. The van der Waals surface area contributed by atoms with Gasteiger partial charge in [0.15, 0.2) is 0 Å². The highest BCUT2D eigenvalue weighted by molar-refractivity contribution is 5.72. The minimum atomic E-state index is -0.0249. The molecule has 194 valence electrons. The Morgan fingerprint density at radius 3 is 2.06 bits per heavy atom. The summed E-state index contributed by atoms with van der Waals surface area (Å²) in [4.78, 5) is 11.8. The molecule has 3 saturated carbocycles. The molecule has 3 fully saturated rings. The van der Waals surface area contributed by atoms with Crippen molar-refractivity contribution in [2.75, 3.05) is 7.11 Å². The second-order valence-corrected chi connectivity index (χ2v) is 12.0. The average molecular weight is 479 g/mol. The van der Waals surface area contributed by atoms with Crippen LogP contribution in [0.3, 0.4) is 0 Å². The largest absolute Gasteiger partial charge is 0.469 e. The van der Waals surface area contributed by atoms with E-state index in [2.05, 4.69) is 43.3 Å². The van der Waals surface area contributed by atoms with E-state index in [-0.39, 0.29) is 11.9 Å². The number of ether oxygens (including phenoxy) is 1. The van der Waals surface area contributed by atoms with Crippen LogP contribution < -0.4 is 0 Å². The zero-order valence-electron chi connectivity index (χ0n) is 22.6. The summed E-state index contributed by atoms with van der Waals surface area (Å²) in [5.74, 6) is 4.52. The van der Waals surface area contributed by atoms with Crippen molar-refractivity contribution in [3.63, 3.8) is 0 Å². The first-order valence-corrected chi connectivity index (χ1v) is 15.0. The van der Waals surface area contributed by atoms with E-state index in [1.54, 1.807) is 0 Å². The standard InChI is InChI=1S/C33H50O2/c1-3-4-5-6-25-9-15-28(16-10-25)29-17-11-26(12-18-29)7-8-27-13-19-30(20-14-27)31-21-23-32(24-22-31)33(34)35-2/h7-8,13-14,19-20,25-26,28-29,31-32H,3-6,9-12,15-18,21-24H2,1-2H3/b8-7+. The topological polar surface area (TPSA) is 26.3 Å². The third-order valence-electron chi connectivity index (χ3n) is 9.82. The molecule has 4 rings (SSSR count). The van der Waals surface area contributed by atoms with Crippen LogP contribution in [-0.4, -0.2) is 13.1 Å². The number of rotatable bonds is 9. The highest BCUT2D eigenvalue weighted by atomic mass is 16.5. The van der Waals surface area contributed by atoms with Crippen LogP contribution in [0, 0.1) is 29.6 Å². The number of carbonyl (C=O) groups excluding carboxylic acids is 1. The number of hydrogen-bond donors (Lipinski definition) is 0. The monoisotopic (exact) mass is 478 g/mol. The predicted molar refractivity (Wildman–Crippen MR) is 147 cm³/mol. The molecule has 0 unspecified atom stereocenters. The lowest BCUT2D eigenvalue weighted by molar-refractivity contribution is -0.146. The van der Waals surface area contributed by atoms with Crippen molar-refractivity contribution in [2.24, 2.45) is 29.6 Å². The summed E-state index contributed by atoms with van der Waals surface area (Å²) in [6.07, 6.45) is 26.5. The Morgan fingerprint density at radius 1 is 0.829 bits per heavy atom. The third kappa shape index (κ3) is 7.70. The first-order chi connectivity index (χ1) is 17.2. The molecule has 0 aromatic heterocycles. The van der Waals surface area contributed by atoms with Gasteiger partial charge in [0.1, 0.15) is 0 Å². The van der Waals surface area contributed by atoms with E-state index in [4.69, 9.17) is 4.74 Å². The highest BCUT2D eigenvalue weighted by Gasteiger charge is 2.30. The number of benzene rings is 1. The number of carbonyl (C=O) groups is 1. The molecule has 0 bridgehead atoms. The predicted octanol–water partition coefficient (Wildman–Crippen LogP) is 9.34. The van der Waals surface area contributed by atoms with Crippen LogP contribution >= 0.6 is 0 Å². The maximum absolute atomic E-state index is 11.8. The van der Waals surface area contributed by atoms with Crippen molar-refractivity contribution in [3.05, 3.63) is 41.5 Å². The van der Waals surface area contributed by atoms with Gasteiger partial charge in [-0.05, 0) is 105 Å². The first-order valence-electron chi connectivity index (χ1n) is 15.0. The van der Waals surface area contributed by atoms with E-state index >= 15 is 0 Å². The van der Waals surface area contributed by atoms with Crippen LogP contribution in [0.1, 0.15) is 127 Å². The Balaban J connectivity index is 1.16. The van der Waals surface area contributed by atoms with Crippen LogP contribution in [0.4, 0.5) is 0 Å². The van der Waals surface area contributed by atoms with E-state index < -0.39 is 0 Å². The SMILES string of the molecule is CCCCCC1CCC(C2CCC(/C=C/c3ccc(C4CCC(C(=O)OC)CC4)cc3)CC2)CC1. The fraction of sp³-hybridized carbons (Fsp3) is 0.727. The molecular weight excluding hydrogens is 428 g/mol. The van der Waals surface area contributed by atoms with Crippen LogP contribution in [0.2, 0.25) is 0 Å². The van der Waals surface area contributed by atoms with Crippen LogP contribution in [0.5, 0.6) is 0 Å². The van der Waals surface area contributed by atoms with Crippen molar-refractivity contribution in [2.45, 2.75) is 116 Å². The van der Waals surface area contributed by atoms with Gasteiger partial charge in [-0.1, -0.05) is 81.9 Å². The van der Waals surface area contributed by atoms with Crippen molar-refractivity contribution >= 4 is 12.0 Å². The van der Waals surface area contributed by atoms with E-state index in [0.717, 1.165) is 49.4 Å². The molecule has 0 amide bonds. The van der Waals surface area contributed by atoms with Crippen LogP contribution in [-0.2, 0) is 9.53 Å². The molecule has 0 saturated heterocycles. The lowest BCUT2D eigenvalue weighted by Gasteiger charge is -2.37. The van der Waals surface area contributed by atoms with Crippen molar-refractivity contribution in [1.29, 1.82) is 0 Å². The number of allylic oxidation sites excluding steroid dienone is 1. The number of methoxy groups -OCH3 is 1. The molecule has 2 heteroatoms. The van der Waals surface area contributed by atoms with Gasteiger partial charge in [-0.3, -0.25) is 4.79 Å². The lowest BCUT2D eigenvalue weighted by atomic mass is 9.68. The zero-order valence-corrected chi connectivity index (χ0v) is 22.6. The van der Waals surface area contributed by atoms with Crippen LogP contribution in [0.15, 0.2) is 30.3 Å². The van der Waals surface area contributed by atoms with Gasteiger partial charge in [0.2, 0.25) is 0 Å². The summed E-state index contributed by atoms with van der Waals surface area (Å²) in [7, 11) is 1.51. The van der Waals surface area contributed by atoms with Crippen molar-refractivity contribution < 1.29 is 9.53 Å². The molecule has 35 heavy (non-hydrogen) atoms. The molecule has 3 aliphatic rings. The van der Waals surface area contributed by atoms with Crippen LogP contribution in [0.25, 0.3) is 6.08 Å². The maximum Gasteiger partial charge on any atom is 0.308 e. The van der Waals surface area contributed by atoms with Gasteiger partial charge < -0.3 is 4.74 Å². The molecular formula is C33H50O2. The summed E-state index contributed by atoms with van der Waals surface area (Å²) in [5.41, 5.74) is 2.77. The minimum Gasteiger partial charge on any atom is -0.469 e. The second kappa shape index (κ2) is 13.7. The minimum absolute atomic E-state index is 0.0249. The summed E-state index contributed by atoms with van der Waals surface area (Å²) in [6.45, 7) is 2.32. The average Bonchev–Trinajstić information content (AvgIpc) is 2.93. The fourth-order valence-corrected chi connectivity index (χ4v) is 7.40. The molecule has 0 radical (unpaired) electrons. The quantitative estimate of drug-likeness (QED) is 0.261.